The van der Waals surface area contributed by atoms with E-state index in [0.717, 1.165) is 41.1 Å². The molecule has 0 spiro atoms. The van der Waals surface area contributed by atoms with E-state index in [2.05, 4.69) is 5.32 Å². The summed E-state index contributed by atoms with van der Waals surface area (Å²) in [7, 11) is -3.54. The Morgan fingerprint density at radius 3 is 2.48 bits per heavy atom. The first-order valence-corrected chi connectivity index (χ1v) is 9.55. The van der Waals surface area contributed by atoms with Crippen molar-refractivity contribution in [2.24, 2.45) is 0 Å². The monoisotopic (exact) mass is 340 g/mol. The minimum Gasteiger partial charge on any atom is -0.376 e. The van der Waals surface area contributed by atoms with Crippen molar-refractivity contribution in [2.45, 2.75) is 32.8 Å². The molecule has 1 fully saturated rings. The number of carbonyl (C=O) groups is 1. The van der Waals surface area contributed by atoms with E-state index in [1.165, 1.54) is 0 Å². The number of ether oxygens (including phenoxy) is 1. The predicted octanol–water partition coefficient (Wildman–Crippen LogP) is 1.36. The van der Waals surface area contributed by atoms with Crippen molar-refractivity contribution in [1.82, 2.24) is 5.32 Å². The molecule has 2 rings (SSSR count). The van der Waals surface area contributed by atoms with Gasteiger partial charge in [0.1, 0.15) is 6.54 Å². The topological polar surface area (TPSA) is 75.7 Å². The van der Waals surface area contributed by atoms with Crippen LogP contribution in [0.25, 0.3) is 0 Å². The molecule has 0 aliphatic carbocycles. The Balaban J connectivity index is 2.08. The molecular weight excluding hydrogens is 316 g/mol. The molecule has 1 atom stereocenters. The van der Waals surface area contributed by atoms with Crippen molar-refractivity contribution in [3.63, 3.8) is 0 Å². The number of rotatable bonds is 6. The van der Waals surface area contributed by atoms with Crippen LogP contribution in [0.1, 0.15) is 24.0 Å². The summed E-state index contributed by atoms with van der Waals surface area (Å²) in [4.78, 5) is 12.1. The molecule has 1 heterocycles. The summed E-state index contributed by atoms with van der Waals surface area (Å²) >= 11 is 0. The van der Waals surface area contributed by atoms with Crippen LogP contribution in [0.15, 0.2) is 18.2 Å². The molecule has 7 heteroatoms. The zero-order valence-electron chi connectivity index (χ0n) is 13.8. The Bertz CT molecular complexity index is 646. The molecule has 1 N–H and O–H groups in total. The fraction of sp³-hybridized carbons (Fsp3) is 0.562. The maximum Gasteiger partial charge on any atom is 0.240 e. The molecule has 0 unspecified atom stereocenters. The van der Waals surface area contributed by atoms with Gasteiger partial charge in [-0.25, -0.2) is 8.42 Å². The Morgan fingerprint density at radius 2 is 1.96 bits per heavy atom. The van der Waals surface area contributed by atoms with Gasteiger partial charge in [0.25, 0.3) is 0 Å². The van der Waals surface area contributed by atoms with Gasteiger partial charge in [0.2, 0.25) is 15.9 Å². The number of nitrogens with zero attached hydrogens (tertiary/aromatic N) is 1. The van der Waals surface area contributed by atoms with E-state index in [1.807, 2.05) is 19.9 Å². The Morgan fingerprint density at radius 1 is 1.30 bits per heavy atom. The molecule has 1 aromatic carbocycles. The zero-order chi connectivity index (χ0) is 17.0. The highest BCUT2D eigenvalue weighted by molar-refractivity contribution is 7.92. The van der Waals surface area contributed by atoms with Gasteiger partial charge in [-0.15, -0.1) is 0 Å². The summed E-state index contributed by atoms with van der Waals surface area (Å²) in [6.07, 6.45) is 3.07. The molecule has 6 nitrogen and oxygen atoms in total. The quantitative estimate of drug-likeness (QED) is 0.848. The van der Waals surface area contributed by atoms with Crippen LogP contribution in [0.3, 0.4) is 0 Å². The maximum atomic E-state index is 12.1. The molecule has 128 valence electrons. The lowest BCUT2D eigenvalue weighted by atomic mass is 10.1. The van der Waals surface area contributed by atoms with Crippen LogP contribution in [0.5, 0.6) is 0 Å². The molecular formula is C16H24N2O4S. The SMILES string of the molecule is Cc1cc(C)cc(N(CC(=O)NC[C@H]2CCCO2)S(C)(=O)=O)c1. The number of hydrogen-bond donors (Lipinski definition) is 1. The van der Waals surface area contributed by atoms with E-state index in [4.69, 9.17) is 4.74 Å². The van der Waals surface area contributed by atoms with Crippen LogP contribution >= 0.6 is 0 Å². The summed E-state index contributed by atoms with van der Waals surface area (Å²) in [6.45, 7) is 4.71. The van der Waals surface area contributed by atoms with Gasteiger partial charge < -0.3 is 10.1 Å². The van der Waals surface area contributed by atoms with Crippen molar-refractivity contribution in [3.05, 3.63) is 29.3 Å². The van der Waals surface area contributed by atoms with Crippen LogP contribution in [0, 0.1) is 13.8 Å². The van der Waals surface area contributed by atoms with Crippen molar-refractivity contribution in [2.75, 3.05) is 30.3 Å². The van der Waals surface area contributed by atoms with E-state index in [1.54, 1.807) is 12.1 Å². The van der Waals surface area contributed by atoms with Gasteiger partial charge in [-0.3, -0.25) is 9.10 Å². The smallest absolute Gasteiger partial charge is 0.240 e. The highest BCUT2D eigenvalue weighted by Crippen LogP contribution is 2.21. The second-order valence-electron chi connectivity index (χ2n) is 6.05. The number of nitrogens with one attached hydrogen (secondary N) is 1. The third kappa shape index (κ3) is 5.21. The molecule has 1 saturated heterocycles. The summed E-state index contributed by atoms with van der Waals surface area (Å²) in [5.74, 6) is -0.329. The van der Waals surface area contributed by atoms with Gasteiger partial charge in [0.05, 0.1) is 18.0 Å². The second kappa shape index (κ2) is 7.31. The number of hydrogen-bond acceptors (Lipinski definition) is 4. The van der Waals surface area contributed by atoms with Crippen LogP contribution < -0.4 is 9.62 Å². The maximum absolute atomic E-state index is 12.1. The Kier molecular flexibility index (Phi) is 5.64. The lowest BCUT2D eigenvalue weighted by Gasteiger charge is -2.23. The highest BCUT2D eigenvalue weighted by atomic mass is 32.2. The average Bonchev–Trinajstić information content (AvgIpc) is 2.93. The number of aryl methyl sites for hydroxylation is 2. The van der Waals surface area contributed by atoms with E-state index < -0.39 is 10.0 Å². The molecule has 0 saturated carbocycles. The molecule has 1 aliphatic heterocycles. The third-order valence-corrected chi connectivity index (χ3v) is 4.87. The van der Waals surface area contributed by atoms with E-state index >= 15 is 0 Å². The number of anilines is 1. The van der Waals surface area contributed by atoms with E-state index in [0.29, 0.717) is 12.2 Å². The standard InChI is InChI=1S/C16H24N2O4S/c1-12-7-13(2)9-14(8-12)18(23(3,20)21)11-16(19)17-10-15-5-4-6-22-15/h7-9,15H,4-6,10-11H2,1-3H3,(H,17,19)/t15-/m1/s1. The lowest BCUT2D eigenvalue weighted by molar-refractivity contribution is -0.120. The number of amides is 1. The van der Waals surface area contributed by atoms with Gasteiger partial charge in [-0.1, -0.05) is 6.07 Å². The number of benzene rings is 1. The molecule has 23 heavy (non-hydrogen) atoms. The number of sulfonamides is 1. The van der Waals surface area contributed by atoms with Gasteiger partial charge in [0.15, 0.2) is 0 Å². The molecule has 0 bridgehead atoms. The van der Waals surface area contributed by atoms with Crippen molar-refractivity contribution < 1.29 is 17.9 Å². The van der Waals surface area contributed by atoms with Gasteiger partial charge in [-0.05, 0) is 49.9 Å². The highest BCUT2D eigenvalue weighted by Gasteiger charge is 2.22. The molecule has 0 aromatic heterocycles. The first-order valence-electron chi connectivity index (χ1n) is 7.70. The largest absolute Gasteiger partial charge is 0.376 e. The lowest BCUT2D eigenvalue weighted by Crippen LogP contribution is -2.42. The minimum atomic E-state index is -3.54. The van der Waals surface area contributed by atoms with Crippen LogP contribution in [-0.2, 0) is 19.6 Å². The molecule has 1 amide bonds. The Hall–Kier alpha value is -1.60. The second-order valence-corrected chi connectivity index (χ2v) is 7.96. The Labute approximate surface area is 137 Å². The van der Waals surface area contributed by atoms with Gasteiger partial charge in [0, 0.05) is 13.2 Å². The summed E-state index contributed by atoms with van der Waals surface area (Å²) in [6, 6.07) is 5.49. The molecule has 1 aromatic rings. The fourth-order valence-electron chi connectivity index (χ4n) is 2.71. The van der Waals surface area contributed by atoms with Crippen LogP contribution in [0.2, 0.25) is 0 Å². The van der Waals surface area contributed by atoms with Gasteiger partial charge in [-0.2, -0.15) is 0 Å². The van der Waals surface area contributed by atoms with Crippen LogP contribution in [0.4, 0.5) is 5.69 Å². The average molecular weight is 340 g/mol. The fourth-order valence-corrected chi connectivity index (χ4v) is 3.55. The molecule has 1 aliphatic rings. The summed E-state index contributed by atoms with van der Waals surface area (Å²) in [5, 5.41) is 2.76. The summed E-state index contributed by atoms with van der Waals surface area (Å²) < 4.78 is 30.7. The van der Waals surface area contributed by atoms with Crippen molar-refractivity contribution in [3.8, 4) is 0 Å². The normalized spacial score (nSPS) is 18.0. The summed E-state index contributed by atoms with van der Waals surface area (Å²) in [5.41, 5.74) is 2.42. The van der Waals surface area contributed by atoms with E-state index in [9.17, 15) is 13.2 Å². The zero-order valence-corrected chi connectivity index (χ0v) is 14.6. The third-order valence-electron chi connectivity index (χ3n) is 3.73. The first-order chi connectivity index (χ1) is 10.8. The van der Waals surface area contributed by atoms with Crippen molar-refractivity contribution in [1.29, 1.82) is 0 Å². The van der Waals surface area contributed by atoms with Crippen LogP contribution in [-0.4, -0.2) is 46.4 Å². The molecule has 0 radical (unpaired) electrons. The predicted molar refractivity (Wildman–Crippen MR) is 90.1 cm³/mol. The minimum absolute atomic E-state index is 0.0341. The number of carbonyl (C=O) groups excluding carboxylic acids is 1. The van der Waals surface area contributed by atoms with Gasteiger partial charge >= 0.3 is 0 Å². The first kappa shape index (κ1) is 17.7. The van der Waals surface area contributed by atoms with E-state index in [-0.39, 0.29) is 18.6 Å². The van der Waals surface area contributed by atoms with Crippen molar-refractivity contribution >= 4 is 21.6 Å².